The number of amides is 1. The quantitative estimate of drug-likeness (QED) is 0.469. The molecular weight excluding hydrogens is 426 g/mol. The lowest BCUT2D eigenvalue weighted by atomic mass is 10.1. The Morgan fingerprint density at radius 2 is 1.97 bits per heavy atom. The largest absolute Gasteiger partial charge is 0.496 e. The molecule has 1 aliphatic carbocycles. The lowest BCUT2D eigenvalue weighted by Crippen LogP contribution is -2.54. The molecule has 0 bridgehead atoms. The Morgan fingerprint density at radius 1 is 1.19 bits per heavy atom. The van der Waals surface area contributed by atoms with Crippen molar-refractivity contribution in [1.82, 2.24) is 19.9 Å². The van der Waals surface area contributed by atoms with Crippen LogP contribution in [0.2, 0.25) is 0 Å². The first-order valence-corrected chi connectivity index (χ1v) is 12.2. The van der Waals surface area contributed by atoms with E-state index in [-0.39, 0.29) is 17.3 Å². The second-order valence-electron chi connectivity index (χ2n) is 8.25. The highest BCUT2D eigenvalue weighted by atomic mass is 32.2. The van der Waals surface area contributed by atoms with Crippen LogP contribution in [0.1, 0.15) is 23.2 Å². The molecule has 1 aliphatic heterocycles. The van der Waals surface area contributed by atoms with E-state index in [0.29, 0.717) is 18.0 Å². The van der Waals surface area contributed by atoms with Gasteiger partial charge in [0.2, 0.25) is 5.91 Å². The number of nitrogens with one attached hydrogen (secondary N) is 1. The molecule has 0 radical (unpaired) electrons. The van der Waals surface area contributed by atoms with E-state index in [1.165, 1.54) is 11.8 Å². The highest BCUT2D eigenvalue weighted by molar-refractivity contribution is 7.99. The van der Waals surface area contributed by atoms with Gasteiger partial charge in [0.25, 0.3) is 0 Å². The highest BCUT2D eigenvalue weighted by Crippen LogP contribution is 2.29. The summed E-state index contributed by atoms with van der Waals surface area (Å²) in [7, 11) is 3.75. The number of thioether (sulfide) groups is 1. The lowest BCUT2D eigenvalue weighted by Gasteiger charge is -2.35. The molecule has 172 valence electrons. The average Bonchev–Trinajstić information content (AvgIpc) is 3.28. The fourth-order valence-corrected chi connectivity index (χ4v) is 5.25. The van der Waals surface area contributed by atoms with E-state index in [2.05, 4.69) is 27.3 Å². The van der Waals surface area contributed by atoms with Crippen molar-refractivity contribution in [3.05, 3.63) is 51.6 Å². The third-order valence-corrected chi connectivity index (χ3v) is 7.11. The van der Waals surface area contributed by atoms with Gasteiger partial charge in [0.15, 0.2) is 0 Å². The van der Waals surface area contributed by atoms with Crippen molar-refractivity contribution in [2.75, 3.05) is 57.6 Å². The number of para-hydroxylation sites is 1. The van der Waals surface area contributed by atoms with Gasteiger partial charge >= 0.3 is 5.69 Å². The van der Waals surface area contributed by atoms with Gasteiger partial charge in [0.05, 0.1) is 18.6 Å². The van der Waals surface area contributed by atoms with E-state index in [1.54, 1.807) is 11.8 Å². The Hall–Kier alpha value is -2.52. The molecule has 32 heavy (non-hydrogen) atoms. The van der Waals surface area contributed by atoms with E-state index >= 15 is 0 Å². The fourth-order valence-electron chi connectivity index (χ4n) is 4.35. The summed E-state index contributed by atoms with van der Waals surface area (Å²) < 4.78 is 7.16. The number of hydrogen-bond donors (Lipinski definition) is 1. The molecule has 0 atom stereocenters. The number of hydrogen-bond acceptors (Lipinski definition) is 7. The van der Waals surface area contributed by atoms with Gasteiger partial charge in [-0.3, -0.25) is 4.79 Å². The predicted molar refractivity (Wildman–Crippen MR) is 126 cm³/mol. The standard InChI is InChI=1S/C23H31N5O3S/c1-26-12-14-27(15-13-26)28-19-8-5-7-18(19)22(25-23(28)30)32-16-21(29)24-11-10-17-6-3-4-9-20(17)31-2/h3-4,6,9H,5,7-8,10-16H2,1-2H3,(H,24,29). The molecule has 9 heteroatoms. The van der Waals surface area contributed by atoms with E-state index in [4.69, 9.17) is 4.74 Å². The normalized spacial score (nSPS) is 16.1. The van der Waals surface area contributed by atoms with Gasteiger partial charge < -0.3 is 20.0 Å². The first-order valence-electron chi connectivity index (χ1n) is 11.2. The number of rotatable bonds is 8. The van der Waals surface area contributed by atoms with E-state index in [0.717, 1.165) is 68.0 Å². The number of methoxy groups -OCH3 is 1. The molecule has 1 aromatic heterocycles. The van der Waals surface area contributed by atoms with Crippen LogP contribution < -0.4 is 20.8 Å². The maximum Gasteiger partial charge on any atom is 0.367 e. The van der Waals surface area contributed by atoms with Crippen molar-refractivity contribution >= 4 is 17.7 Å². The summed E-state index contributed by atoms with van der Waals surface area (Å²) >= 11 is 1.37. The third-order valence-electron chi connectivity index (χ3n) is 6.09. The van der Waals surface area contributed by atoms with Gasteiger partial charge in [0, 0.05) is 38.3 Å². The number of ether oxygens (including phenoxy) is 1. The van der Waals surface area contributed by atoms with Gasteiger partial charge in [-0.25, -0.2) is 9.47 Å². The van der Waals surface area contributed by atoms with E-state index in [1.807, 2.05) is 24.3 Å². The number of nitrogens with zero attached hydrogens (tertiary/aromatic N) is 4. The maximum atomic E-state index is 12.9. The second kappa shape index (κ2) is 10.4. The first kappa shape index (κ1) is 22.7. The van der Waals surface area contributed by atoms with Crippen molar-refractivity contribution in [2.45, 2.75) is 30.7 Å². The summed E-state index contributed by atoms with van der Waals surface area (Å²) in [6, 6.07) is 7.82. The molecule has 2 aromatic rings. The van der Waals surface area contributed by atoms with Gasteiger partial charge in [-0.1, -0.05) is 30.0 Å². The monoisotopic (exact) mass is 457 g/mol. The molecule has 2 heterocycles. The zero-order valence-corrected chi connectivity index (χ0v) is 19.6. The van der Waals surface area contributed by atoms with Crippen LogP contribution in [0.15, 0.2) is 34.1 Å². The number of carbonyl (C=O) groups is 1. The van der Waals surface area contributed by atoms with E-state index < -0.39 is 0 Å². The van der Waals surface area contributed by atoms with Gasteiger partial charge in [-0.15, -0.1) is 0 Å². The van der Waals surface area contributed by atoms with Crippen LogP contribution in [0.4, 0.5) is 0 Å². The number of carbonyl (C=O) groups excluding carboxylic acids is 1. The second-order valence-corrected chi connectivity index (χ2v) is 9.21. The van der Waals surface area contributed by atoms with Crippen LogP contribution >= 0.6 is 11.8 Å². The molecule has 1 saturated heterocycles. The summed E-state index contributed by atoms with van der Waals surface area (Å²) in [6.07, 6.45) is 3.52. The maximum absolute atomic E-state index is 12.9. The average molecular weight is 458 g/mol. The van der Waals surface area contributed by atoms with Crippen LogP contribution in [0, 0.1) is 0 Å². The number of likely N-dealkylation sites (N-methyl/N-ethyl adjacent to an activating group) is 1. The first-order chi connectivity index (χ1) is 15.6. The lowest BCUT2D eigenvalue weighted by molar-refractivity contribution is -0.118. The molecule has 2 aliphatic rings. The minimum Gasteiger partial charge on any atom is -0.496 e. The summed E-state index contributed by atoms with van der Waals surface area (Å²) in [5.74, 6) is 1.03. The van der Waals surface area contributed by atoms with Crippen LogP contribution in [0.25, 0.3) is 0 Å². The molecule has 4 rings (SSSR count). The minimum atomic E-state index is -0.228. The molecule has 1 N–H and O–H groups in total. The Kier molecular flexibility index (Phi) is 7.36. The van der Waals surface area contributed by atoms with Crippen molar-refractivity contribution in [1.29, 1.82) is 0 Å². The van der Waals surface area contributed by atoms with Gasteiger partial charge in [-0.2, -0.15) is 4.98 Å². The topological polar surface area (TPSA) is 79.7 Å². The van der Waals surface area contributed by atoms with Crippen molar-refractivity contribution in [3.63, 3.8) is 0 Å². The van der Waals surface area contributed by atoms with Crippen LogP contribution in [-0.4, -0.2) is 73.1 Å². The smallest absolute Gasteiger partial charge is 0.367 e. The van der Waals surface area contributed by atoms with Crippen LogP contribution in [0.5, 0.6) is 5.75 Å². The Labute approximate surface area is 192 Å². The number of piperazine rings is 1. The zero-order valence-electron chi connectivity index (χ0n) is 18.8. The molecule has 0 unspecified atom stereocenters. The molecule has 0 spiro atoms. The number of aromatic nitrogens is 2. The predicted octanol–water partition coefficient (Wildman–Crippen LogP) is 1.08. The number of fused-ring (bicyclic) bond motifs is 1. The molecule has 8 nitrogen and oxygen atoms in total. The molecule has 1 amide bonds. The van der Waals surface area contributed by atoms with Crippen LogP contribution in [0.3, 0.4) is 0 Å². The molecule has 1 fully saturated rings. The fraction of sp³-hybridized carbons (Fsp3) is 0.522. The highest BCUT2D eigenvalue weighted by Gasteiger charge is 2.26. The van der Waals surface area contributed by atoms with Crippen LogP contribution in [-0.2, 0) is 24.1 Å². The Balaban J connectivity index is 1.36. The summed E-state index contributed by atoms with van der Waals surface area (Å²) in [4.78, 5) is 31.9. The van der Waals surface area contributed by atoms with Crippen molar-refractivity contribution in [3.8, 4) is 5.75 Å². The summed E-state index contributed by atoms with van der Waals surface area (Å²) in [5.41, 5.74) is 3.05. The molecule has 1 aromatic carbocycles. The SMILES string of the molecule is COc1ccccc1CCNC(=O)CSc1nc(=O)n(N2CCN(C)CC2)c2c1CCC2. The van der Waals surface area contributed by atoms with Crippen molar-refractivity contribution < 1.29 is 9.53 Å². The Bertz CT molecular complexity index is 1020. The Morgan fingerprint density at radius 3 is 2.75 bits per heavy atom. The van der Waals surface area contributed by atoms with Gasteiger partial charge in [-0.05, 0) is 44.4 Å². The zero-order chi connectivity index (χ0) is 22.5. The van der Waals surface area contributed by atoms with E-state index in [9.17, 15) is 9.59 Å². The molecular formula is C23H31N5O3S. The van der Waals surface area contributed by atoms with Gasteiger partial charge in [0.1, 0.15) is 10.8 Å². The minimum absolute atomic E-state index is 0.0540. The number of benzene rings is 1. The molecule has 0 saturated carbocycles. The van der Waals surface area contributed by atoms with Crippen molar-refractivity contribution in [2.24, 2.45) is 0 Å². The third kappa shape index (κ3) is 5.10. The summed E-state index contributed by atoms with van der Waals surface area (Å²) in [5, 5.41) is 5.80. The summed E-state index contributed by atoms with van der Waals surface area (Å²) in [6.45, 7) is 4.06.